The van der Waals surface area contributed by atoms with Gasteiger partial charge in [0.25, 0.3) is 0 Å². The van der Waals surface area contributed by atoms with Gasteiger partial charge in [-0.25, -0.2) is 0 Å². The van der Waals surface area contributed by atoms with E-state index < -0.39 is 0 Å². The Kier molecular flexibility index (Phi) is 4.93. The van der Waals surface area contributed by atoms with Crippen LogP contribution in [-0.4, -0.2) is 7.05 Å². The number of hydrogen-bond acceptors (Lipinski definition) is 2. The van der Waals surface area contributed by atoms with Gasteiger partial charge in [0.05, 0.1) is 8.67 Å². The smallest absolute Gasteiger partial charge is 0.0992 e. The van der Waals surface area contributed by atoms with Crippen molar-refractivity contribution in [1.82, 2.24) is 5.32 Å². The predicted molar refractivity (Wildman–Crippen MR) is 81.3 cm³/mol. The van der Waals surface area contributed by atoms with Crippen molar-refractivity contribution in [2.45, 2.75) is 12.5 Å². The predicted octanol–water partition coefficient (Wildman–Crippen LogP) is 5.21. The van der Waals surface area contributed by atoms with Crippen molar-refractivity contribution in [2.24, 2.45) is 0 Å². The van der Waals surface area contributed by atoms with Crippen LogP contribution in [-0.2, 0) is 6.42 Å². The van der Waals surface area contributed by atoms with E-state index in [1.165, 1.54) is 16.9 Å². The zero-order chi connectivity index (χ0) is 13.1. The molecule has 1 nitrogen and oxygen atoms in total. The molecular weight excluding hydrogens is 309 g/mol. The maximum atomic E-state index is 6.18. The topological polar surface area (TPSA) is 12.0 Å². The first-order valence-electron chi connectivity index (χ1n) is 5.46. The van der Waals surface area contributed by atoms with Crippen LogP contribution in [0.2, 0.25) is 13.7 Å². The minimum absolute atomic E-state index is 0.139. The third kappa shape index (κ3) is 3.40. The first kappa shape index (κ1) is 14.2. The maximum absolute atomic E-state index is 6.18. The van der Waals surface area contributed by atoms with E-state index in [0.717, 1.165) is 21.3 Å². The Morgan fingerprint density at radius 3 is 2.56 bits per heavy atom. The van der Waals surface area contributed by atoms with Crippen LogP contribution in [0.25, 0.3) is 0 Å². The molecule has 0 aliphatic carbocycles. The lowest BCUT2D eigenvalue weighted by atomic mass is 10.0. The fourth-order valence-corrected chi connectivity index (χ4v) is 3.65. The highest BCUT2D eigenvalue weighted by atomic mass is 35.5. The lowest BCUT2D eigenvalue weighted by Crippen LogP contribution is -2.18. The molecule has 1 atom stereocenters. The molecule has 0 fully saturated rings. The maximum Gasteiger partial charge on any atom is 0.0992 e. The molecule has 0 saturated carbocycles. The number of rotatable bonds is 4. The summed E-state index contributed by atoms with van der Waals surface area (Å²) in [5, 5.41) is 4.01. The molecule has 1 unspecified atom stereocenters. The molecule has 0 amide bonds. The van der Waals surface area contributed by atoms with Crippen LogP contribution >= 0.6 is 46.1 Å². The van der Waals surface area contributed by atoms with Crippen LogP contribution < -0.4 is 5.32 Å². The lowest BCUT2D eigenvalue weighted by molar-refractivity contribution is 0.594. The minimum Gasteiger partial charge on any atom is -0.313 e. The van der Waals surface area contributed by atoms with Gasteiger partial charge in [-0.15, -0.1) is 11.3 Å². The van der Waals surface area contributed by atoms with Crippen LogP contribution in [0.5, 0.6) is 0 Å². The first-order valence-corrected chi connectivity index (χ1v) is 7.41. The Bertz CT molecular complexity index is 539. The lowest BCUT2D eigenvalue weighted by Gasteiger charge is -2.15. The third-order valence-electron chi connectivity index (χ3n) is 2.74. The molecular formula is C13H12Cl3NS. The molecule has 2 rings (SSSR count). The Hall–Kier alpha value is -0.250. The van der Waals surface area contributed by atoms with Gasteiger partial charge in [0, 0.05) is 16.6 Å². The summed E-state index contributed by atoms with van der Waals surface area (Å²) in [4.78, 5) is 0. The normalized spacial score (nSPS) is 12.7. The summed E-state index contributed by atoms with van der Waals surface area (Å²) in [5.74, 6) is 0. The molecule has 0 bridgehead atoms. The van der Waals surface area contributed by atoms with Gasteiger partial charge >= 0.3 is 0 Å². The van der Waals surface area contributed by atoms with E-state index in [1.54, 1.807) is 0 Å². The Balaban J connectivity index is 2.22. The van der Waals surface area contributed by atoms with Crippen molar-refractivity contribution < 1.29 is 0 Å². The zero-order valence-electron chi connectivity index (χ0n) is 9.71. The minimum atomic E-state index is 0.139. The van der Waals surface area contributed by atoms with E-state index in [9.17, 15) is 0 Å². The molecule has 1 aromatic carbocycles. The number of nitrogens with one attached hydrogen (secondary N) is 1. The molecule has 1 aromatic heterocycles. The summed E-state index contributed by atoms with van der Waals surface area (Å²) in [6, 6.07) is 9.90. The van der Waals surface area contributed by atoms with E-state index in [2.05, 4.69) is 11.4 Å². The third-order valence-corrected chi connectivity index (χ3v) is 4.49. The Labute approximate surface area is 126 Å². The van der Waals surface area contributed by atoms with E-state index in [-0.39, 0.29) is 6.04 Å². The van der Waals surface area contributed by atoms with Crippen molar-refractivity contribution in [2.75, 3.05) is 7.05 Å². The molecule has 0 saturated heterocycles. The average molecular weight is 321 g/mol. The second kappa shape index (κ2) is 6.27. The average Bonchev–Trinajstić information content (AvgIpc) is 2.65. The summed E-state index contributed by atoms with van der Waals surface area (Å²) in [6.45, 7) is 0. The van der Waals surface area contributed by atoms with Crippen LogP contribution in [0.1, 0.15) is 17.2 Å². The van der Waals surface area contributed by atoms with Gasteiger partial charge in [-0.3, -0.25) is 0 Å². The summed E-state index contributed by atoms with van der Waals surface area (Å²) in [6.07, 6.45) is 0.823. The van der Waals surface area contributed by atoms with Crippen LogP contribution in [0.3, 0.4) is 0 Å². The molecule has 0 spiro atoms. The highest BCUT2D eigenvalue weighted by Gasteiger charge is 2.16. The number of halogens is 3. The molecule has 0 aliphatic heterocycles. The quantitative estimate of drug-likeness (QED) is 0.815. The number of likely N-dealkylation sites (N-methyl/N-ethyl adjacent to an activating group) is 1. The van der Waals surface area contributed by atoms with Crippen molar-refractivity contribution in [3.8, 4) is 0 Å². The van der Waals surface area contributed by atoms with Gasteiger partial charge in [-0.05, 0) is 37.2 Å². The molecule has 0 aliphatic rings. The van der Waals surface area contributed by atoms with Gasteiger partial charge in [0.1, 0.15) is 0 Å². The highest BCUT2D eigenvalue weighted by Crippen LogP contribution is 2.36. The monoisotopic (exact) mass is 319 g/mol. The summed E-state index contributed by atoms with van der Waals surface area (Å²) < 4.78 is 1.45. The van der Waals surface area contributed by atoms with Gasteiger partial charge in [-0.1, -0.05) is 46.9 Å². The second-order valence-electron chi connectivity index (χ2n) is 3.95. The summed E-state index contributed by atoms with van der Waals surface area (Å²) in [7, 11) is 1.91. The first-order chi connectivity index (χ1) is 8.60. The van der Waals surface area contributed by atoms with Crippen LogP contribution in [0, 0.1) is 0 Å². The van der Waals surface area contributed by atoms with Gasteiger partial charge in [0.2, 0.25) is 0 Å². The number of benzene rings is 1. The van der Waals surface area contributed by atoms with E-state index >= 15 is 0 Å². The molecule has 2 aromatic rings. The van der Waals surface area contributed by atoms with E-state index in [4.69, 9.17) is 34.8 Å². The summed E-state index contributed by atoms with van der Waals surface area (Å²) >= 11 is 19.5. The summed E-state index contributed by atoms with van der Waals surface area (Å²) in [5.41, 5.74) is 2.20. The SMILES string of the molecule is CNC(Cc1cccc(Cl)c1)c1cc(Cl)sc1Cl. The second-order valence-corrected chi connectivity index (χ2v) is 6.68. The van der Waals surface area contributed by atoms with E-state index in [1.807, 2.05) is 31.3 Å². The Morgan fingerprint density at radius 2 is 2.00 bits per heavy atom. The fraction of sp³-hybridized carbons (Fsp3) is 0.231. The number of thiophene rings is 1. The van der Waals surface area contributed by atoms with Crippen molar-refractivity contribution in [3.05, 3.63) is 55.2 Å². The van der Waals surface area contributed by atoms with E-state index in [0.29, 0.717) is 4.34 Å². The zero-order valence-corrected chi connectivity index (χ0v) is 12.8. The molecule has 96 valence electrons. The molecule has 1 N–H and O–H groups in total. The molecule has 18 heavy (non-hydrogen) atoms. The largest absolute Gasteiger partial charge is 0.313 e. The Morgan fingerprint density at radius 1 is 1.22 bits per heavy atom. The molecule has 5 heteroatoms. The standard InChI is InChI=1S/C13H12Cl3NS/c1-17-11(10-7-12(15)18-13(10)16)6-8-3-2-4-9(14)5-8/h2-5,7,11,17H,6H2,1H3. The van der Waals surface area contributed by atoms with Crippen LogP contribution in [0.4, 0.5) is 0 Å². The highest BCUT2D eigenvalue weighted by molar-refractivity contribution is 7.20. The van der Waals surface area contributed by atoms with Crippen molar-refractivity contribution >= 4 is 46.1 Å². The van der Waals surface area contributed by atoms with Crippen LogP contribution in [0.15, 0.2) is 30.3 Å². The molecule has 0 radical (unpaired) electrons. The van der Waals surface area contributed by atoms with Gasteiger partial charge in [0.15, 0.2) is 0 Å². The van der Waals surface area contributed by atoms with Gasteiger partial charge < -0.3 is 5.32 Å². The fourth-order valence-electron chi connectivity index (χ4n) is 1.86. The van der Waals surface area contributed by atoms with Gasteiger partial charge in [-0.2, -0.15) is 0 Å². The number of hydrogen-bond donors (Lipinski definition) is 1. The van der Waals surface area contributed by atoms with Crippen molar-refractivity contribution in [3.63, 3.8) is 0 Å². The van der Waals surface area contributed by atoms with Crippen molar-refractivity contribution in [1.29, 1.82) is 0 Å². The molecule has 1 heterocycles.